The summed E-state index contributed by atoms with van der Waals surface area (Å²) in [7, 11) is 0. The van der Waals surface area contributed by atoms with Crippen LogP contribution in [0.15, 0.2) is 97.2 Å². The number of rotatable bonds is 68. The maximum atomic E-state index is 12.4. The van der Waals surface area contributed by atoms with Crippen LogP contribution in [-0.2, 0) is 19.1 Å². The molecule has 0 aliphatic carbocycles. The van der Waals surface area contributed by atoms with Crippen LogP contribution in [0.25, 0.3) is 0 Å². The number of aliphatic hydroxyl groups excluding tert-OH is 1. The lowest BCUT2D eigenvalue weighted by molar-refractivity contribution is -0.161. The molecule has 0 aromatic carbocycles. The van der Waals surface area contributed by atoms with Crippen LogP contribution in [0, 0.1) is 0 Å². The van der Waals surface area contributed by atoms with E-state index >= 15 is 0 Å². The normalized spacial score (nSPS) is 12.8. The highest BCUT2D eigenvalue weighted by Crippen LogP contribution is 2.18. The molecule has 0 saturated heterocycles. The first-order valence-electron chi connectivity index (χ1n) is 36.8. The van der Waals surface area contributed by atoms with E-state index in [0.29, 0.717) is 12.8 Å². The molecule has 0 radical (unpaired) electrons. The topological polar surface area (TPSA) is 72.8 Å². The lowest BCUT2D eigenvalue weighted by Gasteiger charge is -2.15. The number of ether oxygens (including phenoxy) is 2. The summed E-state index contributed by atoms with van der Waals surface area (Å²) in [5, 5.41) is 9.72. The molecule has 486 valence electrons. The van der Waals surface area contributed by atoms with Crippen molar-refractivity contribution in [2.24, 2.45) is 0 Å². The lowest BCUT2D eigenvalue weighted by Crippen LogP contribution is -2.28. The Morgan fingerprint density at radius 3 is 0.774 bits per heavy atom. The van der Waals surface area contributed by atoms with E-state index in [1.54, 1.807) is 0 Å². The SMILES string of the molecule is CC/C=C\C/C=C\C/C=C\C/C=C\C/C=C\C/C=C\CCCCCCCCCCCCCCCCCCCCC(=O)OC(CO)COC(=O)CCCCCCCCCCCCCCCCCCCCCCC/C=C\C/C=C\CCCCCCC. The van der Waals surface area contributed by atoms with Gasteiger partial charge in [-0.2, -0.15) is 0 Å². The summed E-state index contributed by atoms with van der Waals surface area (Å²) in [6.07, 6.45) is 106. The third-order valence-corrected chi connectivity index (χ3v) is 16.4. The van der Waals surface area contributed by atoms with E-state index in [1.165, 1.54) is 263 Å². The van der Waals surface area contributed by atoms with E-state index in [4.69, 9.17) is 9.47 Å². The van der Waals surface area contributed by atoms with E-state index < -0.39 is 6.10 Å². The molecule has 0 spiro atoms. The first-order valence-corrected chi connectivity index (χ1v) is 36.8. The van der Waals surface area contributed by atoms with E-state index in [-0.39, 0.29) is 25.2 Å². The minimum Gasteiger partial charge on any atom is -0.462 e. The molecule has 0 aromatic rings. The van der Waals surface area contributed by atoms with Crippen LogP contribution >= 0.6 is 0 Å². The quantitative estimate of drug-likeness (QED) is 0.0373. The highest BCUT2D eigenvalue weighted by atomic mass is 16.6. The van der Waals surface area contributed by atoms with Gasteiger partial charge in [0.25, 0.3) is 0 Å². The van der Waals surface area contributed by atoms with Crippen LogP contribution in [0.3, 0.4) is 0 Å². The van der Waals surface area contributed by atoms with Gasteiger partial charge in [-0.05, 0) is 96.3 Å². The first kappa shape index (κ1) is 80.8. The van der Waals surface area contributed by atoms with Crippen molar-refractivity contribution in [2.75, 3.05) is 13.2 Å². The molecule has 1 N–H and O–H groups in total. The molecular formula is C79H140O5. The van der Waals surface area contributed by atoms with Gasteiger partial charge in [0, 0.05) is 12.8 Å². The Morgan fingerprint density at radius 2 is 0.512 bits per heavy atom. The van der Waals surface area contributed by atoms with E-state index in [2.05, 4.69) is 111 Å². The number of allylic oxidation sites excluding steroid dienone is 16. The number of unbranched alkanes of at least 4 members (excludes halogenated alkanes) is 44. The van der Waals surface area contributed by atoms with Crippen LogP contribution in [0.5, 0.6) is 0 Å². The molecule has 0 aliphatic heterocycles. The molecule has 0 rings (SSSR count). The summed E-state index contributed by atoms with van der Waals surface area (Å²) in [5.74, 6) is -0.573. The smallest absolute Gasteiger partial charge is 0.306 e. The monoisotopic (exact) mass is 1170 g/mol. The van der Waals surface area contributed by atoms with Gasteiger partial charge in [0.05, 0.1) is 6.61 Å². The van der Waals surface area contributed by atoms with Gasteiger partial charge in [0.15, 0.2) is 6.10 Å². The van der Waals surface area contributed by atoms with E-state index in [1.807, 2.05) is 0 Å². The standard InChI is InChI=1S/C79H140O5/c1-3-5-7-9-11-13-15-17-19-21-23-25-27-29-31-33-35-37-38-39-40-42-44-46-48-50-52-54-56-58-60-62-64-66-68-70-72-74-79(82)84-77(75-80)76-83-78(81)73-71-69-67-65-63-61-59-57-55-53-51-49-47-45-43-41-36-34-32-30-28-26-24-22-20-18-16-14-12-10-8-6-4-2/h5,7,11,13,16-19,22-25,29,31,35,37,77,80H,3-4,6,8-10,12,14-15,20-21,26-28,30,32-34,36,38-76H2,1-2H3/b7-5-,13-11-,18-16-,19-17-,24-22-,25-23-,31-29-,37-35-. The molecule has 0 amide bonds. The molecule has 0 heterocycles. The molecule has 0 saturated carbocycles. The van der Waals surface area contributed by atoms with Gasteiger partial charge in [-0.15, -0.1) is 0 Å². The molecule has 0 aromatic heterocycles. The van der Waals surface area contributed by atoms with Crippen molar-refractivity contribution in [1.29, 1.82) is 0 Å². The van der Waals surface area contributed by atoms with Crippen molar-refractivity contribution in [3.8, 4) is 0 Å². The Kier molecular flexibility index (Phi) is 71.3. The molecule has 84 heavy (non-hydrogen) atoms. The van der Waals surface area contributed by atoms with E-state index in [0.717, 1.165) is 83.5 Å². The number of esters is 2. The third-order valence-electron chi connectivity index (χ3n) is 16.4. The van der Waals surface area contributed by atoms with Gasteiger partial charge >= 0.3 is 11.9 Å². The zero-order valence-corrected chi connectivity index (χ0v) is 55.9. The van der Waals surface area contributed by atoms with Gasteiger partial charge in [-0.1, -0.05) is 361 Å². The molecule has 5 heteroatoms. The molecule has 5 nitrogen and oxygen atoms in total. The Labute approximate surface area is 523 Å². The van der Waals surface area contributed by atoms with Gasteiger partial charge in [-0.3, -0.25) is 9.59 Å². The van der Waals surface area contributed by atoms with Gasteiger partial charge < -0.3 is 14.6 Å². The second-order valence-corrected chi connectivity index (χ2v) is 24.6. The minimum atomic E-state index is -0.775. The van der Waals surface area contributed by atoms with Crippen molar-refractivity contribution in [2.45, 2.75) is 380 Å². The van der Waals surface area contributed by atoms with Crippen molar-refractivity contribution in [3.05, 3.63) is 97.2 Å². The highest BCUT2D eigenvalue weighted by Gasteiger charge is 2.16. The number of aliphatic hydroxyl groups is 1. The van der Waals surface area contributed by atoms with Crippen LogP contribution in [0.1, 0.15) is 373 Å². The first-order chi connectivity index (χ1) is 41.6. The zero-order valence-electron chi connectivity index (χ0n) is 55.9. The summed E-state index contributed by atoms with van der Waals surface area (Å²) in [4.78, 5) is 24.7. The summed E-state index contributed by atoms with van der Waals surface area (Å²) in [5.41, 5.74) is 0. The average Bonchev–Trinajstić information content (AvgIpc) is 3.51. The summed E-state index contributed by atoms with van der Waals surface area (Å²) in [6.45, 7) is 4.06. The Hall–Kier alpha value is -3.18. The maximum Gasteiger partial charge on any atom is 0.306 e. The second-order valence-electron chi connectivity index (χ2n) is 24.6. The maximum absolute atomic E-state index is 12.4. The molecule has 0 bridgehead atoms. The summed E-state index contributed by atoms with van der Waals surface area (Å²) in [6, 6.07) is 0. The third kappa shape index (κ3) is 71.3. The lowest BCUT2D eigenvalue weighted by atomic mass is 10.0. The fourth-order valence-corrected chi connectivity index (χ4v) is 10.9. The largest absolute Gasteiger partial charge is 0.462 e. The molecule has 0 aliphatic rings. The molecule has 0 fully saturated rings. The van der Waals surface area contributed by atoms with Crippen molar-refractivity contribution in [1.82, 2.24) is 0 Å². The predicted molar refractivity (Wildman–Crippen MR) is 371 cm³/mol. The number of carbonyl (C=O) groups excluding carboxylic acids is 2. The fourth-order valence-electron chi connectivity index (χ4n) is 10.9. The molecule has 1 unspecified atom stereocenters. The van der Waals surface area contributed by atoms with Gasteiger partial charge in [-0.25, -0.2) is 0 Å². The number of hydrogen-bond donors (Lipinski definition) is 1. The van der Waals surface area contributed by atoms with Crippen LogP contribution < -0.4 is 0 Å². The number of carbonyl (C=O) groups is 2. The summed E-state index contributed by atoms with van der Waals surface area (Å²) < 4.78 is 10.8. The van der Waals surface area contributed by atoms with Crippen LogP contribution in [-0.4, -0.2) is 36.4 Å². The zero-order chi connectivity index (χ0) is 60.5. The van der Waals surface area contributed by atoms with Crippen molar-refractivity contribution < 1.29 is 24.2 Å². The van der Waals surface area contributed by atoms with E-state index in [9.17, 15) is 14.7 Å². The minimum absolute atomic E-state index is 0.0634. The predicted octanol–water partition coefficient (Wildman–Crippen LogP) is 25.8. The van der Waals surface area contributed by atoms with Gasteiger partial charge in [0.1, 0.15) is 6.61 Å². The number of hydrogen-bond acceptors (Lipinski definition) is 5. The molecular weight excluding hydrogens is 1030 g/mol. The fraction of sp³-hybridized carbons (Fsp3) is 0.772. The Morgan fingerprint density at radius 1 is 0.286 bits per heavy atom. The van der Waals surface area contributed by atoms with Crippen molar-refractivity contribution >= 4 is 11.9 Å². The van der Waals surface area contributed by atoms with Crippen LogP contribution in [0.2, 0.25) is 0 Å². The second kappa shape index (κ2) is 74.1. The van der Waals surface area contributed by atoms with Crippen molar-refractivity contribution in [3.63, 3.8) is 0 Å². The Bertz CT molecular complexity index is 1560. The average molecular weight is 1170 g/mol. The van der Waals surface area contributed by atoms with Crippen LogP contribution in [0.4, 0.5) is 0 Å². The van der Waals surface area contributed by atoms with Gasteiger partial charge in [0.2, 0.25) is 0 Å². The highest BCUT2D eigenvalue weighted by molar-refractivity contribution is 5.70. The Balaban J connectivity index is 3.42. The summed E-state index contributed by atoms with van der Waals surface area (Å²) >= 11 is 0. The molecule has 1 atom stereocenters.